The van der Waals surface area contributed by atoms with Gasteiger partial charge in [-0.3, -0.25) is 9.48 Å². The van der Waals surface area contributed by atoms with Gasteiger partial charge in [-0.2, -0.15) is 5.10 Å². The number of carbonyl (C=O) groups is 1. The van der Waals surface area contributed by atoms with Crippen molar-refractivity contribution in [1.29, 1.82) is 0 Å². The van der Waals surface area contributed by atoms with Gasteiger partial charge in [0.1, 0.15) is 0 Å². The Hall–Kier alpha value is -1.58. The minimum absolute atomic E-state index is 0.0497. The molecule has 0 unspecified atom stereocenters. The fraction of sp³-hybridized carbons (Fsp3) is 0.571. The number of amides is 1. The lowest BCUT2D eigenvalue weighted by atomic mass is 10.2. The van der Waals surface area contributed by atoms with Crippen molar-refractivity contribution < 1.29 is 4.79 Å². The normalized spacial score (nSPS) is 12.1. The molecule has 1 heterocycles. The van der Waals surface area contributed by atoms with Crippen LogP contribution < -0.4 is 5.32 Å². The second kappa shape index (κ2) is 5.85. The van der Waals surface area contributed by atoms with Crippen molar-refractivity contribution in [3.05, 3.63) is 23.0 Å². The molecule has 1 N–H and O–H groups in total. The Morgan fingerprint density at radius 1 is 1.44 bits per heavy atom. The molecule has 0 spiro atoms. The second-order valence-corrected chi connectivity index (χ2v) is 4.83. The number of anilines is 1. The van der Waals surface area contributed by atoms with Crippen molar-refractivity contribution in [2.24, 2.45) is 0 Å². The highest BCUT2D eigenvalue weighted by molar-refractivity contribution is 6.03. The summed E-state index contributed by atoms with van der Waals surface area (Å²) in [7, 11) is 0. The highest BCUT2D eigenvalue weighted by Crippen LogP contribution is 2.22. The van der Waals surface area contributed by atoms with E-state index in [1.165, 1.54) is 0 Å². The largest absolute Gasteiger partial charge is 0.319 e. The second-order valence-electron chi connectivity index (χ2n) is 4.83. The van der Waals surface area contributed by atoms with Crippen molar-refractivity contribution in [2.75, 3.05) is 5.32 Å². The summed E-state index contributed by atoms with van der Waals surface area (Å²) in [4.78, 5) is 12.0. The molecule has 18 heavy (non-hydrogen) atoms. The number of hydrogen-bond acceptors (Lipinski definition) is 2. The summed E-state index contributed by atoms with van der Waals surface area (Å²) >= 11 is 0. The van der Waals surface area contributed by atoms with Gasteiger partial charge in [-0.25, -0.2) is 0 Å². The first-order valence-electron chi connectivity index (χ1n) is 6.42. The van der Waals surface area contributed by atoms with Crippen molar-refractivity contribution in [3.8, 4) is 0 Å². The van der Waals surface area contributed by atoms with Gasteiger partial charge in [-0.05, 0) is 41.0 Å². The van der Waals surface area contributed by atoms with E-state index >= 15 is 0 Å². The maximum absolute atomic E-state index is 12.0. The van der Waals surface area contributed by atoms with Gasteiger partial charge >= 0.3 is 0 Å². The molecule has 0 radical (unpaired) electrons. The minimum atomic E-state index is -0.0497. The number of nitrogens with one attached hydrogen (secondary N) is 1. The number of rotatable bonds is 4. The zero-order valence-electron chi connectivity index (χ0n) is 12.2. The summed E-state index contributed by atoms with van der Waals surface area (Å²) in [5.74, 6) is -0.0497. The minimum Gasteiger partial charge on any atom is -0.319 e. The van der Waals surface area contributed by atoms with E-state index in [2.05, 4.69) is 24.3 Å². The average Bonchev–Trinajstić information content (AvgIpc) is 2.57. The summed E-state index contributed by atoms with van der Waals surface area (Å²) in [6.07, 6.45) is 2.79. The van der Waals surface area contributed by atoms with Crippen LogP contribution in [0.25, 0.3) is 0 Å². The van der Waals surface area contributed by atoms with E-state index < -0.39 is 0 Å². The summed E-state index contributed by atoms with van der Waals surface area (Å²) in [5, 5.41) is 7.40. The SMILES string of the molecule is CC/C=C(/C)C(=O)Nc1c(C)nn(C(C)C)c1C. The summed E-state index contributed by atoms with van der Waals surface area (Å²) < 4.78 is 1.93. The highest BCUT2D eigenvalue weighted by Gasteiger charge is 2.15. The topological polar surface area (TPSA) is 46.9 Å². The third-order valence-electron chi connectivity index (χ3n) is 2.92. The van der Waals surface area contributed by atoms with Gasteiger partial charge in [0.15, 0.2) is 0 Å². The van der Waals surface area contributed by atoms with Crippen LogP contribution in [0.4, 0.5) is 5.69 Å². The van der Waals surface area contributed by atoms with E-state index in [9.17, 15) is 4.79 Å². The lowest BCUT2D eigenvalue weighted by Gasteiger charge is -2.09. The van der Waals surface area contributed by atoms with Crippen molar-refractivity contribution >= 4 is 11.6 Å². The molecule has 1 aromatic rings. The molecule has 1 aromatic heterocycles. The van der Waals surface area contributed by atoms with Gasteiger partial charge < -0.3 is 5.32 Å². The summed E-state index contributed by atoms with van der Waals surface area (Å²) in [6, 6.07) is 0.293. The van der Waals surface area contributed by atoms with Crippen molar-refractivity contribution in [2.45, 2.75) is 54.0 Å². The molecule has 0 saturated heterocycles. The molecule has 100 valence electrons. The molecule has 0 atom stereocenters. The Morgan fingerprint density at radius 3 is 2.50 bits per heavy atom. The van der Waals surface area contributed by atoms with Crippen molar-refractivity contribution in [3.63, 3.8) is 0 Å². The number of hydrogen-bond donors (Lipinski definition) is 1. The van der Waals surface area contributed by atoms with Gasteiger partial charge in [0.25, 0.3) is 5.91 Å². The zero-order chi connectivity index (χ0) is 13.9. The molecule has 0 aromatic carbocycles. The smallest absolute Gasteiger partial charge is 0.251 e. The standard InChI is InChI=1S/C14H23N3O/c1-7-8-10(4)14(18)15-13-11(5)16-17(9(2)3)12(13)6/h8-9H,7H2,1-6H3,(H,15,18)/b10-8-. The molecule has 4 heteroatoms. The predicted octanol–water partition coefficient (Wildman–Crippen LogP) is 3.38. The molecule has 0 bridgehead atoms. The van der Waals surface area contributed by atoms with Crippen LogP contribution in [0, 0.1) is 13.8 Å². The maximum atomic E-state index is 12.0. The van der Waals surface area contributed by atoms with Crippen LogP contribution in [0.15, 0.2) is 11.6 Å². The quantitative estimate of drug-likeness (QED) is 0.831. The van der Waals surface area contributed by atoms with Crippen LogP contribution >= 0.6 is 0 Å². The number of aromatic nitrogens is 2. The molecule has 1 amide bonds. The monoisotopic (exact) mass is 249 g/mol. The predicted molar refractivity (Wildman–Crippen MR) is 74.8 cm³/mol. The van der Waals surface area contributed by atoms with Gasteiger partial charge in [-0.15, -0.1) is 0 Å². The van der Waals surface area contributed by atoms with Crippen LogP contribution in [0.5, 0.6) is 0 Å². The average molecular weight is 249 g/mol. The first-order chi connectivity index (χ1) is 8.38. The van der Waals surface area contributed by atoms with Crippen LogP contribution in [0.1, 0.15) is 51.5 Å². The van der Waals surface area contributed by atoms with Crippen molar-refractivity contribution in [1.82, 2.24) is 9.78 Å². The van der Waals surface area contributed by atoms with Gasteiger partial charge in [0, 0.05) is 11.6 Å². The molecule has 0 aliphatic rings. The highest BCUT2D eigenvalue weighted by atomic mass is 16.1. The van der Waals surface area contributed by atoms with Gasteiger partial charge in [0.2, 0.25) is 0 Å². The summed E-state index contributed by atoms with van der Waals surface area (Å²) in [5.41, 5.74) is 3.44. The van der Waals surface area contributed by atoms with Gasteiger partial charge in [0.05, 0.1) is 17.1 Å². The first kappa shape index (κ1) is 14.5. The fourth-order valence-corrected chi connectivity index (χ4v) is 1.96. The van der Waals surface area contributed by atoms with E-state index in [0.29, 0.717) is 6.04 Å². The molecule has 4 nitrogen and oxygen atoms in total. The molecule has 0 saturated carbocycles. The Labute approximate surface area is 109 Å². The Balaban J connectivity index is 2.99. The van der Waals surface area contributed by atoms with Crippen LogP contribution in [0.3, 0.4) is 0 Å². The lowest BCUT2D eigenvalue weighted by molar-refractivity contribution is -0.112. The molecule has 0 aliphatic carbocycles. The molecular weight excluding hydrogens is 226 g/mol. The van der Waals surface area contributed by atoms with Gasteiger partial charge in [-0.1, -0.05) is 13.0 Å². The van der Waals surface area contributed by atoms with Crippen LogP contribution in [-0.4, -0.2) is 15.7 Å². The van der Waals surface area contributed by atoms with Crippen LogP contribution in [-0.2, 0) is 4.79 Å². The number of nitrogens with zero attached hydrogens (tertiary/aromatic N) is 2. The Bertz CT molecular complexity index is 470. The molecule has 0 fully saturated rings. The molecule has 0 aliphatic heterocycles. The zero-order valence-corrected chi connectivity index (χ0v) is 12.2. The van der Waals surface area contributed by atoms with E-state index in [1.54, 1.807) is 0 Å². The summed E-state index contributed by atoms with van der Waals surface area (Å²) in [6.45, 7) is 11.9. The third kappa shape index (κ3) is 3.00. The van der Waals surface area contributed by atoms with Crippen LogP contribution in [0.2, 0.25) is 0 Å². The Kier molecular flexibility index (Phi) is 4.70. The first-order valence-corrected chi connectivity index (χ1v) is 6.42. The number of allylic oxidation sites excluding steroid dienone is 1. The molecular formula is C14H23N3O. The fourth-order valence-electron chi connectivity index (χ4n) is 1.96. The number of carbonyl (C=O) groups excluding carboxylic acids is 1. The lowest BCUT2D eigenvalue weighted by Crippen LogP contribution is -2.14. The number of aryl methyl sites for hydroxylation is 1. The van der Waals surface area contributed by atoms with E-state index in [4.69, 9.17) is 0 Å². The van der Waals surface area contributed by atoms with E-state index in [1.807, 2.05) is 38.5 Å². The van der Waals surface area contributed by atoms with E-state index in [-0.39, 0.29) is 5.91 Å². The maximum Gasteiger partial charge on any atom is 0.251 e. The Morgan fingerprint density at radius 2 is 2.06 bits per heavy atom. The molecule has 1 rings (SSSR count). The third-order valence-corrected chi connectivity index (χ3v) is 2.92. The van der Waals surface area contributed by atoms with E-state index in [0.717, 1.165) is 29.1 Å².